The topological polar surface area (TPSA) is 46.9 Å². The molecule has 0 amide bonds. The molecule has 1 aromatic rings. The Labute approximate surface area is 129 Å². The SMILES string of the molecule is CCCCn1ncc(NC2C(C)(C)C2(C)C)c(Br)c1=O. The van der Waals surface area contributed by atoms with Crippen molar-refractivity contribution in [2.24, 2.45) is 10.8 Å². The van der Waals surface area contributed by atoms with Crippen LogP contribution >= 0.6 is 15.9 Å². The maximum atomic E-state index is 12.2. The first kappa shape index (κ1) is 15.5. The maximum absolute atomic E-state index is 12.2. The molecule has 1 aromatic heterocycles. The molecule has 0 aliphatic heterocycles. The third kappa shape index (κ3) is 2.41. The molecule has 2 rings (SSSR count). The van der Waals surface area contributed by atoms with Gasteiger partial charge in [0.05, 0.1) is 11.9 Å². The van der Waals surface area contributed by atoms with Crippen molar-refractivity contribution in [3.8, 4) is 0 Å². The minimum Gasteiger partial charge on any atom is -0.379 e. The van der Waals surface area contributed by atoms with Crippen molar-refractivity contribution < 1.29 is 0 Å². The van der Waals surface area contributed by atoms with E-state index in [4.69, 9.17) is 0 Å². The first-order valence-electron chi connectivity index (χ1n) is 7.25. The Morgan fingerprint density at radius 1 is 1.35 bits per heavy atom. The molecule has 0 unspecified atom stereocenters. The number of halogens is 1. The largest absolute Gasteiger partial charge is 0.379 e. The Kier molecular flexibility index (Phi) is 4.02. The molecule has 0 saturated heterocycles. The molecule has 5 heteroatoms. The van der Waals surface area contributed by atoms with Crippen molar-refractivity contribution in [2.45, 2.75) is 60.0 Å². The number of hydrogen-bond acceptors (Lipinski definition) is 3. The number of unbranched alkanes of at least 4 members (excludes halogenated alkanes) is 1. The Hall–Kier alpha value is -0.840. The first-order valence-corrected chi connectivity index (χ1v) is 8.05. The second-order valence-electron chi connectivity index (χ2n) is 6.77. The number of rotatable bonds is 5. The average Bonchev–Trinajstić information content (AvgIpc) is 2.76. The lowest BCUT2D eigenvalue weighted by Crippen LogP contribution is -2.25. The zero-order chi connectivity index (χ0) is 15.1. The number of nitrogens with one attached hydrogen (secondary N) is 1. The number of aromatic nitrogens is 2. The minimum absolute atomic E-state index is 0.0558. The van der Waals surface area contributed by atoms with Crippen molar-refractivity contribution in [3.05, 3.63) is 21.0 Å². The van der Waals surface area contributed by atoms with Gasteiger partial charge in [-0.25, -0.2) is 4.68 Å². The van der Waals surface area contributed by atoms with E-state index in [1.54, 1.807) is 6.20 Å². The summed E-state index contributed by atoms with van der Waals surface area (Å²) in [6.45, 7) is 11.8. The summed E-state index contributed by atoms with van der Waals surface area (Å²) in [7, 11) is 0. The van der Waals surface area contributed by atoms with Gasteiger partial charge in [0.15, 0.2) is 0 Å². The summed E-state index contributed by atoms with van der Waals surface area (Å²) < 4.78 is 2.11. The van der Waals surface area contributed by atoms with Crippen molar-refractivity contribution in [1.29, 1.82) is 0 Å². The van der Waals surface area contributed by atoms with Gasteiger partial charge in [-0.15, -0.1) is 0 Å². The maximum Gasteiger partial charge on any atom is 0.283 e. The molecule has 4 nitrogen and oxygen atoms in total. The summed E-state index contributed by atoms with van der Waals surface area (Å²) in [5.41, 5.74) is 1.19. The van der Waals surface area contributed by atoms with E-state index in [1.807, 2.05) is 0 Å². The summed E-state index contributed by atoms with van der Waals surface area (Å²) in [5, 5.41) is 7.73. The first-order chi connectivity index (χ1) is 9.23. The average molecular weight is 342 g/mol. The normalized spacial score (nSPS) is 19.9. The van der Waals surface area contributed by atoms with Gasteiger partial charge in [0.1, 0.15) is 4.47 Å². The fourth-order valence-electron chi connectivity index (χ4n) is 2.75. The summed E-state index contributed by atoms with van der Waals surface area (Å²) in [6, 6.07) is 0.360. The third-order valence-corrected chi connectivity index (χ3v) is 5.80. The molecule has 1 aliphatic rings. The molecule has 0 atom stereocenters. The molecule has 1 saturated carbocycles. The summed E-state index contributed by atoms with van der Waals surface area (Å²) >= 11 is 3.42. The van der Waals surface area contributed by atoms with Gasteiger partial charge in [-0.3, -0.25) is 4.79 Å². The van der Waals surface area contributed by atoms with Crippen molar-refractivity contribution in [2.75, 3.05) is 5.32 Å². The minimum atomic E-state index is -0.0558. The van der Waals surface area contributed by atoms with E-state index in [1.165, 1.54) is 4.68 Å². The lowest BCUT2D eigenvalue weighted by molar-refractivity contribution is 0.457. The quantitative estimate of drug-likeness (QED) is 0.888. The van der Waals surface area contributed by atoms with E-state index in [9.17, 15) is 4.79 Å². The van der Waals surface area contributed by atoms with Crippen molar-refractivity contribution >= 4 is 21.6 Å². The molecular formula is C15H24BrN3O. The molecule has 1 heterocycles. The molecule has 20 heavy (non-hydrogen) atoms. The number of anilines is 1. The van der Waals surface area contributed by atoms with Gasteiger partial charge in [-0.2, -0.15) is 5.10 Å². The van der Waals surface area contributed by atoms with E-state index in [-0.39, 0.29) is 16.4 Å². The molecule has 112 valence electrons. The zero-order valence-corrected chi connectivity index (χ0v) is 14.5. The van der Waals surface area contributed by atoms with Gasteiger partial charge in [-0.05, 0) is 33.2 Å². The van der Waals surface area contributed by atoms with Crippen LogP contribution in [0.1, 0.15) is 47.5 Å². The van der Waals surface area contributed by atoms with Crippen LogP contribution in [0.4, 0.5) is 5.69 Å². The van der Waals surface area contributed by atoms with Crippen LogP contribution in [-0.2, 0) is 6.54 Å². The highest BCUT2D eigenvalue weighted by Gasteiger charge is 2.65. The predicted octanol–water partition coefficient (Wildman–Crippen LogP) is 3.65. The van der Waals surface area contributed by atoms with Crippen LogP contribution in [0.3, 0.4) is 0 Å². The van der Waals surface area contributed by atoms with E-state index in [0.717, 1.165) is 18.5 Å². The van der Waals surface area contributed by atoms with E-state index in [2.05, 4.69) is 61.0 Å². The van der Waals surface area contributed by atoms with E-state index in [0.29, 0.717) is 17.1 Å². The standard InChI is InChI=1S/C15H24BrN3O/c1-6-7-8-19-12(20)11(16)10(9-17-19)18-13-14(2,3)15(13,4)5/h9,13,18H,6-8H2,1-5H3. The zero-order valence-electron chi connectivity index (χ0n) is 13.0. The second-order valence-corrected chi connectivity index (χ2v) is 7.57. The van der Waals surface area contributed by atoms with Gasteiger partial charge >= 0.3 is 0 Å². The molecule has 1 fully saturated rings. The number of hydrogen-bond donors (Lipinski definition) is 1. The highest BCUT2D eigenvalue weighted by atomic mass is 79.9. The number of nitrogens with zero attached hydrogens (tertiary/aromatic N) is 2. The highest BCUT2D eigenvalue weighted by molar-refractivity contribution is 9.10. The van der Waals surface area contributed by atoms with Crippen LogP contribution < -0.4 is 10.9 Å². The van der Waals surface area contributed by atoms with Crippen LogP contribution in [0, 0.1) is 10.8 Å². The summed E-state index contributed by atoms with van der Waals surface area (Å²) in [5.74, 6) is 0. The molecular weight excluding hydrogens is 318 g/mol. The fraction of sp³-hybridized carbons (Fsp3) is 0.733. The van der Waals surface area contributed by atoms with Gasteiger partial charge in [0.25, 0.3) is 5.56 Å². The number of aryl methyl sites for hydroxylation is 1. The van der Waals surface area contributed by atoms with Crippen LogP contribution in [0.2, 0.25) is 0 Å². The predicted molar refractivity (Wildman–Crippen MR) is 86.1 cm³/mol. The van der Waals surface area contributed by atoms with Gasteiger partial charge in [0, 0.05) is 12.6 Å². The Morgan fingerprint density at radius 3 is 2.45 bits per heavy atom. The van der Waals surface area contributed by atoms with Crippen molar-refractivity contribution in [3.63, 3.8) is 0 Å². The van der Waals surface area contributed by atoms with Crippen LogP contribution in [0.25, 0.3) is 0 Å². The Balaban J connectivity index is 2.19. The Bertz CT molecular complexity index is 549. The van der Waals surface area contributed by atoms with Gasteiger partial charge in [-0.1, -0.05) is 41.0 Å². The molecule has 0 radical (unpaired) electrons. The fourth-order valence-corrected chi connectivity index (χ4v) is 3.17. The lowest BCUT2D eigenvalue weighted by Gasteiger charge is -2.11. The van der Waals surface area contributed by atoms with Crippen molar-refractivity contribution in [1.82, 2.24) is 9.78 Å². The van der Waals surface area contributed by atoms with E-state index >= 15 is 0 Å². The monoisotopic (exact) mass is 341 g/mol. The van der Waals surface area contributed by atoms with Gasteiger partial charge in [0.2, 0.25) is 0 Å². The van der Waals surface area contributed by atoms with Crippen LogP contribution in [0.5, 0.6) is 0 Å². The third-order valence-electron chi connectivity index (χ3n) is 5.03. The molecule has 1 aliphatic carbocycles. The highest BCUT2D eigenvalue weighted by Crippen LogP contribution is 2.63. The second kappa shape index (κ2) is 5.17. The smallest absolute Gasteiger partial charge is 0.283 e. The van der Waals surface area contributed by atoms with Gasteiger partial charge < -0.3 is 5.32 Å². The lowest BCUT2D eigenvalue weighted by atomic mass is 10.0. The van der Waals surface area contributed by atoms with Crippen LogP contribution in [0.15, 0.2) is 15.5 Å². The molecule has 0 aromatic carbocycles. The van der Waals surface area contributed by atoms with E-state index < -0.39 is 0 Å². The summed E-state index contributed by atoms with van der Waals surface area (Å²) in [4.78, 5) is 12.2. The molecule has 0 spiro atoms. The Morgan fingerprint density at radius 2 is 1.95 bits per heavy atom. The summed E-state index contributed by atoms with van der Waals surface area (Å²) in [6.07, 6.45) is 3.77. The molecule has 0 bridgehead atoms. The molecule has 1 N–H and O–H groups in total. The van der Waals surface area contributed by atoms with Crippen LogP contribution in [-0.4, -0.2) is 15.8 Å².